The number of benzene rings is 3. The molecule has 7 heteroatoms. The Morgan fingerprint density at radius 2 is 1.60 bits per heavy atom. The summed E-state index contributed by atoms with van der Waals surface area (Å²) in [4.78, 5) is 19.7. The molecule has 150 valence electrons. The molecule has 1 amide bonds. The van der Waals surface area contributed by atoms with Gasteiger partial charge < -0.3 is 10.3 Å². The highest BCUT2D eigenvalue weighted by Gasteiger charge is 2.30. The summed E-state index contributed by atoms with van der Waals surface area (Å²) in [6.07, 6.45) is -2.93. The van der Waals surface area contributed by atoms with Gasteiger partial charge in [-0.3, -0.25) is 4.79 Å². The number of carbonyl (C=O) groups excluding carboxylic acids is 1. The van der Waals surface area contributed by atoms with Crippen LogP contribution in [0.5, 0.6) is 0 Å². The molecule has 0 saturated carbocycles. The third kappa shape index (κ3) is 4.25. The van der Waals surface area contributed by atoms with E-state index in [0.29, 0.717) is 33.9 Å². The lowest BCUT2D eigenvalue weighted by molar-refractivity contribution is -0.137. The van der Waals surface area contributed by atoms with Gasteiger partial charge in [-0.15, -0.1) is 0 Å². The molecule has 4 rings (SSSR count). The second-order valence-electron chi connectivity index (χ2n) is 6.62. The molecule has 0 bridgehead atoms. The van der Waals surface area contributed by atoms with Crippen molar-refractivity contribution in [1.29, 1.82) is 0 Å². The van der Waals surface area contributed by atoms with Crippen molar-refractivity contribution in [2.45, 2.75) is 6.18 Å². The molecule has 0 spiro atoms. The molecule has 4 nitrogen and oxygen atoms in total. The summed E-state index contributed by atoms with van der Waals surface area (Å²) in [5.41, 5.74) is 1.94. The van der Waals surface area contributed by atoms with Gasteiger partial charge in [0.2, 0.25) is 0 Å². The number of rotatable bonds is 4. The first kappa shape index (κ1) is 19.4. The fourth-order valence-electron chi connectivity index (χ4n) is 3.01. The number of H-pyrrole nitrogens is 1. The number of anilines is 1. The van der Waals surface area contributed by atoms with Crippen LogP contribution in [-0.4, -0.2) is 15.9 Å². The Morgan fingerprint density at radius 1 is 0.867 bits per heavy atom. The highest BCUT2D eigenvalue weighted by molar-refractivity contribution is 6.04. The van der Waals surface area contributed by atoms with E-state index in [4.69, 9.17) is 0 Å². The van der Waals surface area contributed by atoms with Crippen LogP contribution in [0, 0.1) is 0 Å². The van der Waals surface area contributed by atoms with Crippen molar-refractivity contribution in [2.75, 3.05) is 5.32 Å². The Balaban J connectivity index is 1.57. The standard InChI is InChI=1S/C23H16F3N3O/c24-23(25,26)18-10-4-8-16(12-18)20-14-27-21(29-20)17-9-5-11-19(13-17)28-22(30)15-6-2-1-3-7-15/h1-14H,(H,27,29)(H,28,30). The van der Waals surface area contributed by atoms with Crippen LogP contribution >= 0.6 is 0 Å². The van der Waals surface area contributed by atoms with Crippen LogP contribution in [0.1, 0.15) is 15.9 Å². The maximum atomic E-state index is 13.0. The molecule has 0 aliphatic rings. The van der Waals surface area contributed by atoms with Gasteiger partial charge in [0.1, 0.15) is 5.82 Å². The van der Waals surface area contributed by atoms with Crippen molar-refractivity contribution < 1.29 is 18.0 Å². The van der Waals surface area contributed by atoms with Gasteiger partial charge in [0.25, 0.3) is 5.91 Å². The predicted molar refractivity (Wildman–Crippen MR) is 109 cm³/mol. The van der Waals surface area contributed by atoms with Gasteiger partial charge in [0.05, 0.1) is 17.5 Å². The lowest BCUT2D eigenvalue weighted by Crippen LogP contribution is -2.11. The first-order chi connectivity index (χ1) is 14.4. The van der Waals surface area contributed by atoms with E-state index in [1.807, 2.05) is 6.07 Å². The summed E-state index contributed by atoms with van der Waals surface area (Å²) in [5, 5.41) is 2.83. The molecule has 1 heterocycles. The minimum Gasteiger partial charge on any atom is -0.338 e. The topological polar surface area (TPSA) is 57.8 Å². The number of aromatic nitrogens is 2. The zero-order chi connectivity index (χ0) is 21.1. The van der Waals surface area contributed by atoms with Crippen LogP contribution in [-0.2, 0) is 6.18 Å². The van der Waals surface area contributed by atoms with E-state index in [-0.39, 0.29) is 5.91 Å². The number of hydrogen-bond acceptors (Lipinski definition) is 2. The molecule has 1 aromatic heterocycles. The van der Waals surface area contributed by atoms with Crippen molar-refractivity contribution in [2.24, 2.45) is 0 Å². The van der Waals surface area contributed by atoms with Crippen molar-refractivity contribution >= 4 is 11.6 Å². The van der Waals surface area contributed by atoms with Gasteiger partial charge in [-0.1, -0.05) is 42.5 Å². The number of carbonyl (C=O) groups is 1. The average Bonchev–Trinajstić information content (AvgIpc) is 3.24. The summed E-state index contributed by atoms with van der Waals surface area (Å²) in [7, 11) is 0. The van der Waals surface area contributed by atoms with E-state index in [2.05, 4.69) is 15.3 Å². The molecular weight excluding hydrogens is 391 g/mol. The molecule has 0 radical (unpaired) electrons. The maximum Gasteiger partial charge on any atom is 0.416 e. The number of imidazole rings is 1. The number of nitrogens with zero attached hydrogens (tertiary/aromatic N) is 1. The Bertz CT molecular complexity index is 1180. The van der Waals surface area contributed by atoms with E-state index in [1.165, 1.54) is 12.3 Å². The van der Waals surface area contributed by atoms with Crippen molar-refractivity contribution in [1.82, 2.24) is 9.97 Å². The first-order valence-electron chi connectivity index (χ1n) is 9.09. The van der Waals surface area contributed by atoms with E-state index < -0.39 is 11.7 Å². The Morgan fingerprint density at radius 3 is 2.37 bits per heavy atom. The van der Waals surface area contributed by atoms with Crippen LogP contribution in [0.25, 0.3) is 22.6 Å². The molecule has 0 aliphatic heterocycles. The summed E-state index contributed by atoms with van der Waals surface area (Å²) >= 11 is 0. The molecule has 0 unspecified atom stereocenters. The average molecular weight is 407 g/mol. The van der Waals surface area contributed by atoms with Gasteiger partial charge in [0.15, 0.2) is 0 Å². The lowest BCUT2D eigenvalue weighted by Gasteiger charge is -2.08. The highest BCUT2D eigenvalue weighted by atomic mass is 19.4. The van der Waals surface area contributed by atoms with E-state index >= 15 is 0 Å². The molecule has 3 aromatic carbocycles. The number of halogens is 3. The largest absolute Gasteiger partial charge is 0.416 e. The molecule has 0 saturated heterocycles. The lowest BCUT2D eigenvalue weighted by atomic mass is 10.1. The number of alkyl halides is 3. The van der Waals surface area contributed by atoms with Crippen molar-refractivity contribution in [3.8, 4) is 22.6 Å². The Kier molecular flexibility index (Phi) is 5.10. The Labute approximate surface area is 170 Å². The van der Waals surface area contributed by atoms with Crippen molar-refractivity contribution in [3.63, 3.8) is 0 Å². The van der Waals surface area contributed by atoms with Gasteiger partial charge in [-0.2, -0.15) is 13.2 Å². The first-order valence-corrected chi connectivity index (χ1v) is 9.09. The second kappa shape index (κ2) is 7.87. The number of amides is 1. The summed E-state index contributed by atoms with van der Waals surface area (Å²) in [6, 6.07) is 20.9. The summed E-state index contributed by atoms with van der Waals surface area (Å²) < 4.78 is 38.9. The second-order valence-corrected chi connectivity index (χ2v) is 6.62. The van der Waals surface area contributed by atoms with Gasteiger partial charge in [0, 0.05) is 22.4 Å². The third-order valence-corrected chi connectivity index (χ3v) is 4.51. The molecule has 4 aromatic rings. The smallest absolute Gasteiger partial charge is 0.338 e. The van der Waals surface area contributed by atoms with E-state index in [1.54, 1.807) is 54.6 Å². The van der Waals surface area contributed by atoms with Gasteiger partial charge in [-0.25, -0.2) is 4.98 Å². The van der Waals surface area contributed by atoms with Crippen LogP contribution in [0.3, 0.4) is 0 Å². The molecule has 0 aliphatic carbocycles. The van der Waals surface area contributed by atoms with Crippen LogP contribution in [0.15, 0.2) is 85.1 Å². The fourth-order valence-corrected chi connectivity index (χ4v) is 3.01. The molecule has 0 atom stereocenters. The minimum atomic E-state index is -4.41. The SMILES string of the molecule is O=C(Nc1cccc(-c2ncc(-c3cccc(C(F)(F)F)c3)[nH]2)c1)c1ccccc1. The van der Waals surface area contributed by atoms with Crippen LogP contribution in [0.2, 0.25) is 0 Å². The fraction of sp³-hybridized carbons (Fsp3) is 0.0435. The zero-order valence-electron chi connectivity index (χ0n) is 15.6. The third-order valence-electron chi connectivity index (χ3n) is 4.51. The van der Waals surface area contributed by atoms with Crippen LogP contribution in [0.4, 0.5) is 18.9 Å². The number of nitrogens with one attached hydrogen (secondary N) is 2. The van der Waals surface area contributed by atoms with Crippen molar-refractivity contribution in [3.05, 3.63) is 96.2 Å². The number of aromatic amines is 1. The van der Waals surface area contributed by atoms with Gasteiger partial charge >= 0.3 is 6.18 Å². The van der Waals surface area contributed by atoms with Crippen LogP contribution < -0.4 is 5.32 Å². The maximum absolute atomic E-state index is 13.0. The Hall–Kier alpha value is -3.87. The number of hydrogen-bond donors (Lipinski definition) is 2. The minimum absolute atomic E-state index is 0.239. The quantitative estimate of drug-likeness (QED) is 0.435. The van der Waals surface area contributed by atoms with E-state index in [9.17, 15) is 18.0 Å². The normalized spacial score (nSPS) is 11.3. The molecule has 2 N–H and O–H groups in total. The monoisotopic (exact) mass is 407 g/mol. The molecule has 0 fully saturated rings. The summed E-state index contributed by atoms with van der Waals surface area (Å²) in [5.74, 6) is 0.245. The summed E-state index contributed by atoms with van der Waals surface area (Å²) in [6.45, 7) is 0. The van der Waals surface area contributed by atoms with E-state index in [0.717, 1.165) is 12.1 Å². The predicted octanol–water partition coefficient (Wildman–Crippen LogP) is 6.01. The molecular formula is C23H16F3N3O. The van der Waals surface area contributed by atoms with Gasteiger partial charge in [-0.05, 0) is 36.4 Å². The zero-order valence-corrected chi connectivity index (χ0v) is 15.6. The molecule has 30 heavy (non-hydrogen) atoms. The highest BCUT2D eigenvalue weighted by Crippen LogP contribution is 2.32.